The van der Waals surface area contributed by atoms with Gasteiger partial charge in [0.05, 0.1) is 22.1 Å². The maximum Gasteiger partial charge on any atom is 0.139 e. The molecule has 1 atom stereocenters. The van der Waals surface area contributed by atoms with Crippen LogP contribution in [0.1, 0.15) is 17.5 Å². The minimum absolute atomic E-state index is 0.423. The molecule has 20 heavy (non-hydrogen) atoms. The van der Waals surface area contributed by atoms with E-state index in [0.717, 1.165) is 5.69 Å². The summed E-state index contributed by atoms with van der Waals surface area (Å²) in [7, 11) is 0. The number of pyridine rings is 1. The lowest BCUT2D eigenvalue weighted by atomic mass is 10.1. The highest BCUT2D eigenvalue weighted by atomic mass is 35.5. The molecule has 0 aliphatic heterocycles. The molecular formula is C15H12ClN3O. The Hall–Kier alpha value is -2.17. The summed E-state index contributed by atoms with van der Waals surface area (Å²) in [6.07, 6.45) is 2.32. The van der Waals surface area contributed by atoms with Gasteiger partial charge in [-0.1, -0.05) is 29.8 Å². The predicted octanol–water partition coefficient (Wildman–Crippen LogP) is 3.00. The van der Waals surface area contributed by atoms with E-state index in [0.29, 0.717) is 16.4 Å². The van der Waals surface area contributed by atoms with Gasteiger partial charge in [-0.3, -0.25) is 4.98 Å². The second kappa shape index (κ2) is 5.45. The molecule has 0 aliphatic carbocycles. The molecule has 0 saturated heterocycles. The number of hydrogen-bond acceptors (Lipinski definition) is 3. The highest BCUT2D eigenvalue weighted by Crippen LogP contribution is 2.27. The first-order chi connectivity index (χ1) is 9.77. The Bertz CT molecular complexity index is 712. The van der Waals surface area contributed by atoms with Crippen molar-refractivity contribution in [3.05, 3.63) is 77.3 Å². The monoisotopic (exact) mass is 285 g/mol. The Morgan fingerprint density at radius 2 is 1.80 bits per heavy atom. The van der Waals surface area contributed by atoms with Gasteiger partial charge in [-0.2, -0.15) is 5.10 Å². The van der Waals surface area contributed by atoms with Gasteiger partial charge in [0.15, 0.2) is 0 Å². The first-order valence-corrected chi connectivity index (χ1v) is 6.53. The molecular weight excluding hydrogens is 274 g/mol. The zero-order valence-electron chi connectivity index (χ0n) is 10.5. The average molecular weight is 286 g/mol. The van der Waals surface area contributed by atoms with Gasteiger partial charge >= 0.3 is 0 Å². The topological polar surface area (TPSA) is 50.9 Å². The fraction of sp³-hybridized carbons (Fsp3) is 0.0667. The van der Waals surface area contributed by atoms with Gasteiger partial charge in [0.1, 0.15) is 6.10 Å². The molecule has 0 bridgehead atoms. The van der Waals surface area contributed by atoms with Crippen molar-refractivity contribution >= 4 is 11.6 Å². The Balaban J connectivity index is 2.04. The van der Waals surface area contributed by atoms with Gasteiger partial charge in [0.2, 0.25) is 0 Å². The fourth-order valence-electron chi connectivity index (χ4n) is 2.04. The van der Waals surface area contributed by atoms with E-state index in [1.165, 1.54) is 0 Å². The molecule has 4 nitrogen and oxygen atoms in total. The van der Waals surface area contributed by atoms with Crippen LogP contribution in [0.25, 0.3) is 5.69 Å². The maximum absolute atomic E-state index is 10.5. The second-order valence-electron chi connectivity index (χ2n) is 4.28. The summed E-state index contributed by atoms with van der Waals surface area (Å²) in [6, 6.07) is 14.8. The molecule has 1 unspecified atom stereocenters. The molecule has 3 rings (SSSR count). The molecule has 2 aromatic heterocycles. The summed E-state index contributed by atoms with van der Waals surface area (Å²) in [5.74, 6) is 0. The van der Waals surface area contributed by atoms with Crippen molar-refractivity contribution in [1.82, 2.24) is 14.8 Å². The van der Waals surface area contributed by atoms with E-state index in [1.807, 2.05) is 30.3 Å². The lowest BCUT2D eigenvalue weighted by molar-refractivity contribution is 0.207. The van der Waals surface area contributed by atoms with Crippen LogP contribution in [0.3, 0.4) is 0 Å². The Kier molecular flexibility index (Phi) is 3.50. The van der Waals surface area contributed by atoms with Crippen molar-refractivity contribution < 1.29 is 5.11 Å². The summed E-state index contributed by atoms with van der Waals surface area (Å²) < 4.78 is 1.68. The van der Waals surface area contributed by atoms with Gasteiger partial charge < -0.3 is 5.11 Å². The summed E-state index contributed by atoms with van der Waals surface area (Å²) in [4.78, 5) is 4.15. The molecule has 0 amide bonds. The van der Waals surface area contributed by atoms with Crippen molar-refractivity contribution in [3.63, 3.8) is 0 Å². The molecule has 0 fully saturated rings. The largest absolute Gasteiger partial charge is 0.380 e. The Morgan fingerprint density at radius 3 is 2.55 bits per heavy atom. The van der Waals surface area contributed by atoms with E-state index in [9.17, 15) is 5.11 Å². The van der Waals surface area contributed by atoms with E-state index in [2.05, 4.69) is 10.1 Å². The van der Waals surface area contributed by atoms with Crippen LogP contribution in [0.4, 0.5) is 0 Å². The quantitative estimate of drug-likeness (QED) is 0.805. The molecule has 3 aromatic rings. The number of rotatable bonds is 3. The number of benzene rings is 1. The van der Waals surface area contributed by atoms with Crippen LogP contribution >= 0.6 is 11.6 Å². The van der Waals surface area contributed by atoms with Crippen LogP contribution in [-0.2, 0) is 0 Å². The smallest absolute Gasteiger partial charge is 0.139 e. The maximum atomic E-state index is 10.5. The van der Waals surface area contributed by atoms with Crippen molar-refractivity contribution in [1.29, 1.82) is 0 Å². The third-order valence-electron chi connectivity index (χ3n) is 3.00. The SMILES string of the molecule is OC(c1ncccc1Cl)c1ccnn1-c1ccccc1. The van der Waals surface area contributed by atoms with Crippen molar-refractivity contribution in [3.8, 4) is 5.69 Å². The standard InChI is InChI=1S/C15H12ClN3O/c16-12-7-4-9-17-14(12)15(20)13-8-10-18-19(13)11-5-2-1-3-6-11/h1-10,15,20H. The molecule has 0 spiro atoms. The van der Waals surface area contributed by atoms with Crippen LogP contribution in [0.2, 0.25) is 5.02 Å². The van der Waals surface area contributed by atoms with Gasteiger partial charge in [-0.25, -0.2) is 4.68 Å². The highest BCUT2D eigenvalue weighted by Gasteiger charge is 2.19. The van der Waals surface area contributed by atoms with E-state index < -0.39 is 6.10 Å². The van der Waals surface area contributed by atoms with Crippen LogP contribution < -0.4 is 0 Å². The second-order valence-corrected chi connectivity index (χ2v) is 4.68. The summed E-state index contributed by atoms with van der Waals surface area (Å²) in [5.41, 5.74) is 1.92. The fourth-order valence-corrected chi connectivity index (χ4v) is 2.27. The minimum Gasteiger partial charge on any atom is -0.380 e. The van der Waals surface area contributed by atoms with Gasteiger partial charge in [-0.05, 0) is 30.3 Å². The van der Waals surface area contributed by atoms with Crippen LogP contribution in [0.15, 0.2) is 60.9 Å². The molecule has 100 valence electrons. The van der Waals surface area contributed by atoms with Crippen molar-refractivity contribution in [2.45, 2.75) is 6.10 Å². The zero-order valence-corrected chi connectivity index (χ0v) is 11.3. The molecule has 5 heteroatoms. The zero-order chi connectivity index (χ0) is 13.9. The first kappa shape index (κ1) is 12.8. The molecule has 0 aliphatic rings. The third kappa shape index (κ3) is 2.31. The number of aromatic nitrogens is 3. The number of hydrogen-bond donors (Lipinski definition) is 1. The molecule has 0 radical (unpaired) electrons. The van der Waals surface area contributed by atoms with Crippen LogP contribution in [0, 0.1) is 0 Å². The predicted molar refractivity (Wildman–Crippen MR) is 76.9 cm³/mol. The van der Waals surface area contributed by atoms with E-state index in [-0.39, 0.29) is 0 Å². The normalized spacial score (nSPS) is 12.3. The lowest BCUT2D eigenvalue weighted by Crippen LogP contribution is -2.10. The van der Waals surface area contributed by atoms with Gasteiger partial charge in [-0.15, -0.1) is 0 Å². The molecule has 2 heterocycles. The number of nitrogens with zero attached hydrogens (tertiary/aromatic N) is 3. The number of aliphatic hydroxyl groups is 1. The van der Waals surface area contributed by atoms with Gasteiger partial charge in [0.25, 0.3) is 0 Å². The van der Waals surface area contributed by atoms with Crippen LogP contribution in [0.5, 0.6) is 0 Å². The number of halogens is 1. The van der Waals surface area contributed by atoms with E-state index in [4.69, 9.17) is 11.6 Å². The van der Waals surface area contributed by atoms with Gasteiger partial charge in [0, 0.05) is 12.4 Å². The lowest BCUT2D eigenvalue weighted by Gasteiger charge is -2.14. The minimum atomic E-state index is -0.925. The molecule has 0 saturated carbocycles. The summed E-state index contributed by atoms with van der Waals surface area (Å²) in [6.45, 7) is 0. The first-order valence-electron chi connectivity index (χ1n) is 6.15. The van der Waals surface area contributed by atoms with E-state index in [1.54, 1.807) is 35.3 Å². The van der Waals surface area contributed by atoms with E-state index >= 15 is 0 Å². The number of aliphatic hydroxyl groups excluding tert-OH is 1. The van der Waals surface area contributed by atoms with Crippen molar-refractivity contribution in [2.75, 3.05) is 0 Å². The molecule has 1 N–H and O–H groups in total. The average Bonchev–Trinajstić information content (AvgIpc) is 2.97. The van der Waals surface area contributed by atoms with Crippen LogP contribution in [-0.4, -0.2) is 19.9 Å². The Morgan fingerprint density at radius 1 is 1.00 bits per heavy atom. The molecule has 1 aromatic carbocycles. The summed E-state index contributed by atoms with van der Waals surface area (Å²) >= 11 is 6.08. The summed E-state index contributed by atoms with van der Waals surface area (Å²) in [5, 5.41) is 15.2. The number of para-hydroxylation sites is 1. The third-order valence-corrected chi connectivity index (χ3v) is 3.32. The Labute approximate surface area is 121 Å². The van der Waals surface area contributed by atoms with Crippen molar-refractivity contribution in [2.24, 2.45) is 0 Å². The highest BCUT2D eigenvalue weighted by molar-refractivity contribution is 6.31.